The topological polar surface area (TPSA) is 38.5 Å². The molecule has 0 spiro atoms. The zero-order valence-electron chi connectivity index (χ0n) is 15.1. The summed E-state index contributed by atoms with van der Waals surface area (Å²) in [5.41, 5.74) is 1.32. The fraction of sp³-hybridized carbons (Fsp3) is 0.381. The third-order valence-corrected chi connectivity index (χ3v) is 5.97. The van der Waals surface area contributed by atoms with Crippen LogP contribution in [0, 0.1) is 5.92 Å². The van der Waals surface area contributed by atoms with Gasteiger partial charge in [-0.15, -0.1) is 11.3 Å². The third-order valence-electron chi connectivity index (χ3n) is 5.08. The highest BCUT2D eigenvalue weighted by Gasteiger charge is 2.22. The fourth-order valence-electron chi connectivity index (χ4n) is 3.64. The number of oxazole rings is 1. The molecule has 1 aromatic carbocycles. The van der Waals surface area contributed by atoms with Crippen LogP contribution in [0.3, 0.4) is 0 Å². The number of nitrogens with zero attached hydrogens (tertiary/aromatic N) is 2. The molecule has 0 radical (unpaired) electrons. The number of hydrogen-bond acceptors (Lipinski definition) is 5. The molecule has 2 aromatic heterocycles. The van der Waals surface area contributed by atoms with E-state index in [1.54, 1.807) is 18.4 Å². The summed E-state index contributed by atoms with van der Waals surface area (Å²) < 4.78 is 11.4. The van der Waals surface area contributed by atoms with Crippen LogP contribution in [0.1, 0.15) is 24.3 Å². The second-order valence-electron chi connectivity index (χ2n) is 6.83. The van der Waals surface area contributed by atoms with Gasteiger partial charge >= 0.3 is 0 Å². The van der Waals surface area contributed by atoms with Gasteiger partial charge in [-0.05, 0) is 61.3 Å². The molecule has 1 aliphatic rings. The molecule has 4 rings (SSSR count). The summed E-state index contributed by atoms with van der Waals surface area (Å²) in [5.74, 6) is 3.42. The average molecular weight is 369 g/mol. The van der Waals surface area contributed by atoms with Gasteiger partial charge in [0.2, 0.25) is 5.89 Å². The van der Waals surface area contributed by atoms with Crippen molar-refractivity contribution >= 4 is 11.3 Å². The van der Waals surface area contributed by atoms with Gasteiger partial charge in [-0.1, -0.05) is 24.3 Å². The first-order chi connectivity index (χ1) is 12.8. The van der Waals surface area contributed by atoms with Crippen LogP contribution < -0.4 is 4.74 Å². The molecule has 0 unspecified atom stereocenters. The number of likely N-dealkylation sites (tertiary alicyclic amines) is 1. The average Bonchev–Trinajstić information content (AvgIpc) is 3.35. The molecule has 1 saturated heterocycles. The first-order valence-electron chi connectivity index (χ1n) is 9.14. The van der Waals surface area contributed by atoms with E-state index in [9.17, 15) is 0 Å². The Morgan fingerprint density at radius 3 is 2.81 bits per heavy atom. The predicted octanol–water partition coefficient (Wildman–Crippen LogP) is 4.87. The van der Waals surface area contributed by atoms with Crippen molar-refractivity contribution in [3.8, 4) is 16.4 Å². The van der Waals surface area contributed by atoms with Crippen LogP contribution >= 0.6 is 11.3 Å². The van der Waals surface area contributed by atoms with Crippen molar-refractivity contribution in [2.45, 2.75) is 25.8 Å². The lowest BCUT2D eigenvalue weighted by atomic mass is 9.90. The highest BCUT2D eigenvalue weighted by Crippen LogP contribution is 2.28. The van der Waals surface area contributed by atoms with E-state index in [2.05, 4.69) is 39.5 Å². The van der Waals surface area contributed by atoms with Crippen LogP contribution in [0.4, 0.5) is 0 Å². The highest BCUT2D eigenvalue weighted by molar-refractivity contribution is 7.13. The monoisotopic (exact) mass is 368 g/mol. The van der Waals surface area contributed by atoms with Crippen LogP contribution in [0.15, 0.2) is 52.4 Å². The number of rotatable bonds is 6. The minimum Gasteiger partial charge on any atom is -0.496 e. The first kappa shape index (κ1) is 17.3. The molecule has 0 atom stereocenters. The molecule has 5 heteroatoms. The summed E-state index contributed by atoms with van der Waals surface area (Å²) in [6.07, 6.45) is 5.35. The Labute approximate surface area is 158 Å². The maximum absolute atomic E-state index is 5.92. The molecule has 0 amide bonds. The lowest BCUT2D eigenvalue weighted by Crippen LogP contribution is -2.34. The van der Waals surface area contributed by atoms with Crippen LogP contribution in [0.2, 0.25) is 0 Å². The SMILES string of the molecule is COc1ccccc1CC1CCN(Cc2ncc(-c3cccs3)o2)CC1. The summed E-state index contributed by atoms with van der Waals surface area (Å²) in [6, 6.07) is 12.5. The summed E-state index contributed by atoms with van der Waals surface area (Å²) >= 11 is 1.68. The Morgan fingerprint density at radius 1 is 1.19 bits per heavy atom. The Hall–Kier alpha value is -2.11. The standard InChI is InChI=1S/C21H24N2O2S/c1-24-18-6-3-2-5-17(18)13-16-8-10-23(11-9-16)15-21-22-14-19(25-21)20-7-4-12-26-20/h2-7,12,14,16H,8-11,13,15H2,1H3. The van der Waals surface area contributed by atoms with E-state index in [0.717, 1.165) is 48.3 Å². The maximum atomic E-state index is 5.92. The van der Waals surface area contributed by atoms with E-state index in [-0.39, 0.29) is 0 Å². The Bertz CT molecular complexity index is 820. The minimum absolute atomic E-state index is 0.716. The molecule has 26 heavy (non-hydrogen) atoms. The number of hydrogen-bond donors (Lipinski definition) is 0. The van der Waals surface area contributed by atoms with E-state index in [4.69, 9.17) is 9.15 Å². The normalized spacial score (nSPS) is 16.0. The molecule has 136 valence electrons. The number of aromatic nitrogens is 1. The molecule has 0 aliphatic carbocycles. The summed E-state index contributed by atoms with van der Waals surface area (Å²) in [6.45, 7) is 2.99. The van der Waals surface area contributed by atoms with Crippen LogP contribution in [0.5, 0.6) is 5.75 Å². The van der Waals surface area contributed by atoms with E-state index in [1.165, 1.54) is 18.4 Å². The van der Waals surface area contributed by atoms with Crippen molar-refractivity contribution in [2.24, 2.45) is 5.92 Å². The van der Waals surface area contributed by atoms with Gasteiger partial charge in [-0.2, -0.15) is 0 Å². The van der Waals surface area contributed by atoms with Crippen molar-refractivity contribution in [3.63, 3.8) is 0 Å². The van der Waals surface area contributed by atoms with Crippen molar-refractivity contribution in [1.82, 2.24) is 9.88 Å². The second-order valence-corrected chi connectivity index (χ2v) is 7.78. The van der Waals surface area contributed by atoms with Gasteiger partial charge in [0.15, 0.2) is 5.76 Å². The lowest BCUT2D eigenvalue weighted by Gasteiger charge is -2.31. The van der Waals surface area contributed by atoms with Crippen molar-refractivity contribution in [3.05, 3.63) is 59.4 Å². The van der Waals surface area contributed by atoms with Gasteiger partial charge < -0.3 is 9.15 Å². The fourth-order valence-corrected chi connectivity index (χ4v) is 4.31. The second kappa shape index (κ2) is 8.06. The van der Waals surface area contributed by atoms with E-state index in [0.29, 0.717) is 5.92 Å². The van der Waals surface area contributed by atoms with Gasteiger partial charge in [-0.25, -0.2) is 4.98 Å². The smallest absolute Gasteiger partial charge is 0.209 e. The molecule has 1 aliphatic heterocycles. The van der Waals surface area contributed by atoms with Crippen molar-refractivity contribution in [1.29, 1.82) is 0 Å². The molecule has 3 aromatic rings. The van der Waals surface area contributed by atoms with Gasteiger partial charge in [-0.3, -0.25) is 4.90 Å². The minimum atomic E-state index is 0.716. The lowest BCUT2D eigenvalue weighted by molar-refractivity contribution is 0.163. The van der Waals surface area contributed by atoms with Crippen molar-refractivity contribution < 1.29 is 9.15 Å². The quantitative estimate of drug-likeness (QED) is 0.622. The number of para-hydroxylation sites is 1. The van der Waals surface area contributed by atoms with Crippen molar-refractivity contribution in [2.75, 3.05) is 20.2 Å². The van der Waals surface area contributed by atoms with Gasteiger partial charge in [0.1, 0.15) is 5.75 Å². The summed E-state index contributed by atoms with van der Waals surface area (Å²) in [5, 5.41) is 2.06. The zero-order valence-corrected chi connectivity index (χ0v) is 15.9. The summed E-state index contributed by atoms with van der Waals surface area (Å²) in [7, 11) is 1.75. The third kappa shape index (κ3) is 4.00. The van der Waals surface area contributed by atoms with E-state index >= 15 is 0 Å². The number of methoxy groups -OCH3 is 1. The van der Waals surface area contributed by atoms with Crippen LogP contribution in [-0.4, -0.2) is 30.1 Å². The Balaban J connectivity index is 1.30. The first-order valence-corrected chi connectivity index (χ1v) is 10.0. The highest BCUT2D eigenvalue weighted by atomic mass is 32.1. The van der Waals surface area contributed by atoms with Gasteiger partial charge in [0.25, 0.3) is 0 Å². The molecular formula is C21H24N2O2S. The van der Waals surface area contributed by atoms with E-state index < -0.39 is 0 Å². The molecule has 4 nitrogen and oxygen atoms in total. The Morgan fingerprint density at radius 2 is 2.04 bits per heavy atom. The molecule has 0 N–H and O–H groups in total. The molecule has 0 bridgehead atoms. The molecule has 3 heterocycles. The van der Waals surface area contributed by atoms with Gasteiger partial charge in [0, 0.05) is 0 Å². The number of piperidine rings is 1. The maximum Gasteiger partial charge on any atom is 0.209 e. The number of thiophene rings is 1. The molecular weight excluding hydrogens is 344 g/mol. The van der Waals surface area contributed by atoms with Crippen LogP contribution in [-0.2, 0) is 13.0 Å². The van der Waals surface area contributed by atoms with Gasteiger partial charge in [0.05, 0.1) is 24.7 Å². The predicted molar refractivity (Wildman–Crippen MR) is 105 cm³/mol. The summed E-state index contributed by atoms with van der Waals surface area (Å²) in [4.78, 5) is 8.04. The number of ether oxygens (including phenoxy) is 1. The van der Waals surface area contributed by atoms with E-state index in [1.807, 2.05) is 18.3 Å². The molecule has 1 fully saturated rings. The zero-order chi connectivity index (χ0) is 17.8. The number of benzene rings is 1. The molecule has 0 saturated carbocycles. The Kier molecular flexibility index (Phi) is 5.37. The van der Waals surface area contributed by atoms with Crippen LogP contribution in [0.25, 0.3) is 10.6 Å². The largest absolute Gasteiger partial charge is 0.496 e.